The number of hydrogen-bond donors (Lipinski definition) is 0. The van der Waals surface area contributed by atoms with E-state index in [2.05, 4.69) is 0 Å². The van der Waals surface area contributed by atoms with E-state index in [0.29, 0.717) is 5.56 Å². The van der Waals surface area contributed by atoms with Crippen LogP contribution >= 0.6 is 0 Å². The molecule has 0 aliphatic heterocycles. The summed E-state index contributed by atoms with van der Waals surface area (Å²) in [6.45, 7) is 3.66. The maximum Gasteiger partial charge on any atom is 0.311 e. The molecular weight excluding hydrogens is 288 g/mol. The number of hydrogen-bond acceptors (Lipinski definition) is 3. The molecule has 0 aromatic heterocycles. The SMILES string of the molecule is COC(=O)C(C)(C)[C@H](CC(=O)c1ccccc1)c1ccccc1. The highest BCUT2D eigenvalue weighted by Gasteiger charge is 2.39. The highest BCUT2D eigenvalue weighted by Crippen LogP contribution is 2.39. The van der Waals surface area contributed by atoms with Crippen LogP contribution in [0.15, 0.2) is 60.7 Å². The lowest BCUT2D eigenvalue weighted by Gasteiger charge is -2.32. The quantitative estimate of drug-likeness (QED) is 0.592. The van der Waals surface area contributed by atoms with E-state index in [1.165, 1.54) is 7.11 Å². The zero-order valence-electron chi connectivity index (χ0n) is 13.8. The molecule has 0 saturated heterocycles. The van der Waals surface area contributed by atoms with Gasteiger partial charge in [-0.25, -0.2) is 0 Å². The van der Waals surface area contributed by atoms with Crippen LogP contribution < -0.4 is 0 Å². The Labute approximate surface area is 137 Å². The fourth-order valence-corrected chi connectivity index (χ4v) is 2.81. The van der Waals surface area contributed by atoms with E-state index >= 15 is 0 Å². The van der Waals surface area contributed by atoms with Crippen LogP contribution in [0.2, 0.25) is 0 Å². The molecule has 0 amide bonds. The van der Waals surface area contributed by atoms with E-state index in [9.17, 15) is 9.59 Å². The molecule has 0 spiro atoms. The second kappa shape index (κ2) is 7.23. The van der Waals surface area contributed by atoms with Crippen molar-refractivity contribution in [1.82, 2.24) is 0 Å². The summed E-state index contributed by atoms with van der Waals surface area (Å²) in [5, 5.41) is 0. The summed E-state index contributed by atoms with van der Waals surface area (Å²) in [4.78, 5) is 24.9. The Bertz CT molecular complexity index is 660. The standard InChI is InChI=1S/C20H22O3/c1-20(2,19(22)23-3)17(15-10-6-4-7-11-15)14-18(21)16-12-8-5-9-13-16/h4-13,17H,14H2,1-3H3/t17-/m1/s1. The lowest BCUT2D eigenvalue weighted by atomic mass is 9.72. The summed E-state index contributed by atoms with van der Waals surface area (Å²) in [5.74, 6) is -0.535. The van der Waals surface area contributed by atoms with Crippen molar-refractivity contribution in [2.45, 2.75) is 26.2 Å². The summed E-state index contributed by atoms with van der Waals surface area (Å²) in [5.41, 5.74) is 0.835. The molecule has 0 saturated carbocycles. The van der Waals surface area contributed by atoms with Gasteiger partial charge in [-0.05, 0) is 19.4 Å². The van der Waals surface area contributed by atoms with Crippen LogP contribution in [0.4, 0.5) is 0 Å². The van der Waals surface area contributed by atoms with E-state index in [0.717, 1.165) is 5.56 Å². The zero-order valence-corrected chi connectivity index (χ0v) is 13.8. The molecule has 0 fully saturated rings. The van der Waals surface area contributed by atoms with Crippen molar-refractivity contribution < 1.29 is 14.3 Å². The Hall–Kier alpha value is -2.42. The molecule has 1 atom stereocenters. The number of ketones is 1. The minimum atomic E-state index is -0.791. The fourth-order valence-electron chi connectivity index (χ4n) is 2.81. The van der Waals surface area contributed by atoms with Gasteiger partial charge in [0.25, 0.3) is 0 Å². The molecule has 0 aliphatic carbocycles. The van der Waals surface area contributed by atoms with Gasteiger partial charge in [0.1, 0.15) is 0 Å². The summed E-state index contributed by atoms with van der Waals surface area (Å²) in [7, 11) is 1.38. The molecule has 2 rings (SSSR count). The van der Waals surface area contributed by atoms with Crippen molar-refractivity contribution >= 4 is 11.8 Å². The lowest BCUT2D eigenvalue weighted by molar-refractivity contribution is -0.152. The van der Waals surface area contributed by atoms with Crippen LogP contribution in [0, 0.1) is 5.41 Å². The lowest BCUT2D eigenvalue weighted by Crippen LogP contribution is -2.34. The number of rotatable bonds is 6. The van der Waals surface area contributed by atoms with Crippen molar-refractivity contribution in [2.24, 2.45) is 5.41 Å². The van der Waals surface area contributed by atoms with E-state index in [4.69, 9.17) is 4.74 Å². The van der Waals surface area contributed by atoms with E-state index in [1.807, 2.05) is 62.4 Å². The first-order valence-electron chi connectivity index (χ1n) is 7.68. The average molecular weight is 310 g/mol. The van der Waals surface area contributed by atoms with Crippen molar-refractivity contribution in [3.8, 4) is 0 Å². The molecule has 2 aromatic carbocycles. The van der Waals surface area contributed by atoms with Crippen LogP contribution in [0.1, 0.15) is 42.1 Å². The number of methoxy groups -OCH3 is 1. The molecule has 0 radical (unpaired) electrons. The van der Waals surface area contributed by atoms with Gasteiger partial charge in [-0.1, -0.05) is 60.7 Å². The number of ether oxygens (including phenoxy) is 1. The monoisotopic (exact) mass is 310 g/mol. The smallest absolute Gasteiger partial charge is 0.311 e. The summed E-state index contributed by atoms with van der Waals surface area (Å²) in [6.07, 6.45) is 0.260. The second-order valence-electron chi connectivity index (χ2n) is 6.17. The molecule has 120 valence electrons. The normalized spacial score (nSPS) is 12.5. The Morgan fingerprint density at radius 1 is 0.957 bits per heavy atom. The second-order valence-corrected chi connectivity index (χ2v) is 6.17. The van der Waals surface area contributed by atoms with E-state index in [-0.39, 0.29) is 24.1 Å². The van der Waals surface area contributed by atoms with Gasteiger partial charge >= 0.3 is 5.97 Å². The largest absolute Gasteiger partial charge is 0.469 e. The first-order valence-corrected chi connectivity index (χ1v) is 7.68. The van der Waals surface area contributed by atoms with Crippen molar-refractivity contribution in [1.29, 1.82) is 0 Å². The number of benzene rings is 2. The van der Waals surface area contributed by atoms with Gasteiger partial charge in [0.05, 0.1) is 12.5 Å². The summed E-state index contributed by atoms with van der Waals surface area (Å²) in [6, 6.07) is 18.8. The Kier molecular flexibility index (Phi) is 5.32. The molecule has 0 heterocycles. The molecule has 0 unspecified atom stereocenters. The predicted octanol–water partition coefficient (Wildman–Crippen LogP) is 4.24. The van der Waals surface area contributed by atoms with Crippen molar-refractivity contribution in [3.05, 3.63) is 71.8 Å². The molecule has 0 N–H and O–H groups in total. The van der Waals surface area contributed by atoms with Gasteiger partial charge in [-0.3, -0.25) is 9.59 Å². The maximum atomic E-state index is 12.6. The van der Waals surface area contributed by atoms with Crippen molar-refractivity contribution in [2.75, 3.05) is 7.11 Å². The summed E-state index contributed by atoms with van der Waals surface area (Å²) < 4.78 is 4.95. The third-order valence-corrected chi connectivity index (χ3v) is 4.27. The minimum Gasteiger partial charge on any atom is -0.469 e. The predicted molar refractivity (Wildman–Crippen MR) is 90.4 cm³/mol. The number of carbonyl (C=O) groups is 2. The van der Waals surface area contributed by atoms with Crippen LogP contribution in [-0.4, -0.2) is 18.9 Å². The van der Waals surface area contributed by atoms with Gasteiger partial charge < -0.3 is 4.74 Å². The van der Waals surface area contributed by atoms with Crippen LogP contribution in [-0.2, 0) is 9.53 Å². The molecular formula is C20H22O3. The average Bonchev–Trinajstić information content (AvgIpc) is 2.60. The van der Waals surface area contributed by atoms with E-state index in [1.54, 1.807) is 12.1 Å². The van der Waals surface area contributed by atoms with E-state index < -0.39 is 5.41 Å². The van der Waals surface area contributed by atoms with Gasteiger partial charge in [0.15, 0.2) is 5.78 Å². The molecule has 2 aromatic rings. The highest BCUT2D eigenvalue weighted by atomic mass is 16.5. The molecule has 23 heavy (non-hydrogen) atoms. The fraction of sp³-hybridized carbons (Fsp3) is 0.300. The van der Waals surface area contributed by atoms with Crippen LogP contribution in [0.3, 0.4) is 0 Å². The highest BCUT2D eigenvalue weighted by molar-refractivity contribution is 5.97. The molecule has 3 heteroatoms. The maximum absolute atomic E-state index is 12.6. The zero-order chi connectivity index (χ0) is 16.9. The Morgan fingerprint density at radius 3 is 2.00 bits per heavy atom. The van der Waals surface area contributed by atoms with Crippen LogP contribution in [0.25, 0.3) is 0 Å². The van der Waals surface area contributed by atoms with Gasteiger partial charge in [0.2, 0.25) is 0 Å². The minimum absolute atomic E-state index is 0.0245. The first-order chi connectivity index (χ1) is 11.0. The molecule has 0 bridgehead atoms. The molecule has 3 nitrogen and oxygen atoms in total. The first kappa shape index (κ1) is 16.9. The van der Waals surface area contributed by atoms with Crippen molar-refractivity contribution in [3.63, 3.8) is 0 Å². The third-order valence-electron chi connectivity index (χ3n) is 4.27. The summed E-state index contributed by atoms with van der Waals surface area (Å²) >= 11 is 0. The van der Waals surface area contributed by atoms with Crippen LogP contribution in [0.5, 0.6) is 0 Å². The van der Waals surface area contributed by atoms with Gasteiger partial charge in [0, 0.05) is 17.9 Å². The number of esters is 1. The Morgan fingerprint density at radius 2 is 1.48 bits per heavy atom. The topological polar surface area (TPSA) is 43.4 Å². The Balaban J connectivity index is 2.35. The number of Topliss-reactive ketones (excluding diaryl/α,β-unsaturated/α-hetero) is 1. The molecule has 0 aliphatic rings. The van der Waals surface area contributed by atoms with Gasteiger partial charge in [-0.2, -0.15) is 0 Å². The number of carbonyl (C=O) groups excluding carboxylic acids is 2. The third kappa shape index (κ3) is 3.86. The van der Waals surface area contributed by atoms with Gasteiger partial charge in [-0.15, -0.1) is 0 Å².